The third-order valence-corrected chi connectivity index (χ3v) is 7.74. The summed E-state index contributed by atoms with van der Waals surface area (Å²) in [5.74, 6) is -2.85. The van der Waals surface area contributed by atoms with Gasteiger partial charge in [-0.05, 0) is 23.3 Å². The molecule has 2 aromatic carbocycles. The number of rotatable bonds is 7. The first-order chi connectivity index (χ1) is 19.7. The van der Waals surface area contributed by atoms with Gasteiger partial charge in [0.05, 0.1) is 6.20 Å². The maximum atomic E-state index is 12.7. The van der Waals surface area contributed by atoms with Gasteiger partial charge in [0.15, 0.2) is 5.13 Å². The molecule has 2 fully saturated rings. The number of carboxylic acid groups (broad SMARTS) is 1. The smallest absolute Gasteiger partial charge is 0.475 e. The predicted octanol–water partition coefficient (Wildman–Crippen LogP) is 3.76. The number of hydrogen-bond donors (Lipinski definition) is 3. The van der Waals surface area contributed by atoms with Crippen molar-refractivity contribution in [2.75, 3.05) is 62.6 Å². The number of anilines is 2. The second-order valence-corrected chi connectivity index (χ2v) is 10.7. The molecule has 220 valence electrons. The minimum absolute atomic E-state index is 0.0961. The molecular formula is C28H33F3N6O3S. The van der Waals surface area contributed by atoms with E-state index < -0.39 is 12.1 Å². The van der Waals surface area contributed by atoms with Gasteiger partial charge in [-0.2, -0.15) is 13.2 Å². The highest BCUT2D eigenvalue weighted by atomic mass is 32.1. The van der Waals surface area contributed by atoms with Crippen molar-refractivity contribution in [1.82, 2.24) is 20.1 Å². The van der Waals surface area contributed by atoms with Crippen molar-refractivity contribution in [3.63, 3.8) is 0 Å². The van der Waals surface area contributed by atoms with Crippen LogP contribution in [0.4, 0.5) is 24.0 Å². The maximum Gasteiger partial charge on any atom is 0.490 e. The summed E-state index contributed by atoms with van der Waals surface area (Å²) in [6, 6.07) is 18.9. The van der Waals surface area contributed by atoms with Crippen molar-refractivity contribution < 1.29 is 27.9 Å². The Morgan fingerprint density at radius 1 is 0.878 bits per heavy atom. The molecule has 0 bridgehead atoms. The van der Waals surface area contributed by atoms with Crippen molar-refractivity contribution >= 4 is 34.0 Å². The Kier molecular flexibility index (Phi) is 10.7. The number of benzene rings is 2. The SMILES string of the molecule is O=C(Nc1ccc(CN2CCN(Cc3ccccc3)CC2)cc1)c1cnc(N2CCNCC2)s1.O=C(O)C(F)(F)F. The predicted molar refractivity (Wildman–Crippen MR) is 152 cm³/mol. The molecule has 5 rings (SSSR count). The third kappa shape index (κ3) is 9.52. The fourth-order valence-electron chi connectivity index (χ4n) is 4.46. The summed E-state index contributed by atoms with van der Waals surface area (Å²) in [5.41, 5.74) is 3.47. The molecular weight excluding hydrogens is 557 g/mol. The normalized spacial score (nSPS) is 16.5. The van der Waals surface area contributed by atoms with Crippen LogP contribution in [0.25, 0.3) is 0 Å². The number of thiazole rings is 1. The van der Waals surface area contributed by atoms with Crippen molar-refractivity contribution in [3.8, 4) is 0 Å². The first-order valence-electron chi connectivity index (χ1n) is 13.3. The van der Waals surface area contributed by atoms with Crippen LogP contribution in [-0.4, -0.2) is 90.3 Å². The standard InChI is InChI=1S/C26H32N6OS.C2HF3O2/c33-25(24-18-28-26(34-24)32-12-10-27-11-13-32)29-23-8-6-22(7-9-23)20-31-16-14-30(15-17-31)19-21-4-2-1-3-5-21;3-2(4,5)1(6)7/h1-9,18,27H,10-17,19-20H2,(H,29,33);(H,6,7). The Morgan fingerprint density at radius 3 is 1.95 bits per heavy atom. The lowest BCUT2D eigenvalue weighted by atomic mass is 10.1. The molecule has 41 heavy (non-hydrogen) atoms. The Hall–Kier alpha value is -3.52. The van der Waals surface area contributed by atoms with E-state index in [4.69, 9.17) is 9.90 Å². The zero-order chi connectivity index (χ0) is 29.2. The van der Waals surface area contributed by atoms with Crippen LogP contribution in [-0.2, 0) is 17.9 Å². The summed E-state index contributed by atoms with van der Waals surface area (Å²) in [4.78, 5) is 33.9. The van der Waals surface area contributed by atoms with E-state index in [1.165, 1.54) is 22.5 Å². The summed E-state index contributed by atoms with van der Waals surface area (Å²) in [6.07, 6.45) is -3.40. The number of carbonyl (C=O) groups is 2. The van der Waals surface area contributed by atoms with E-state index in [-0.39, 0.29) is 5.91 Å². The van der Waals surface area contributed by atoms with Crippen LogP contribution >= 0.6 is 11.3 Å². The minimum atomic E-state index is -5.08. The number of carboxylic acids is 1. The highest BCUT2D eigenvalue weighted by molar-refractivity contribution is 7.17. The van der Waals surface area contributed by atoms with Gasteiger partial charge in [0.1, 0.15) is 4.88 Å². The number of halogens is 3. The lowest BCUT2D eigenvalue weighted by Crippen LogP contribution is -2.45. The van der Waals surface area contributed by atoms with E-state index in [2.05, 4.69) is 72.8 Å². The molecule has 2 aliphatic rings. The topological polar surface area (TPSA) is 101 Å². The number of amides is 1. The number of piperazine rings is 2. The van der Waals surface area contributed by atoms with Gasteiger partial charge in [0.25, 0.3) is 5.91 Å². The van der Waals surface area contributed by atoms with Gasteiger partial charge < -0.3 is 20.6 Å². The minimum Gasteiger partial charge on any atom is -0.475 e. The number of carbonyl (C=O) groups excluding carboxylic acids is 1. The van der Waals surface area contributed by atoms with Gasteiger partial charge in [-0.25, -0.2) is 9.78 Å². The van der Waals surface area contributed by atoms with Gasteiger partial charge in [-0.3, -0.25) is 14.6 Å². The summed E-state index contributed by atoms with van der Waals surface area (Å²) in [5, 5.41) is 14.4. The fraction of sp³-hybridized carbons (Fsp3) is 0.393. The van der Waals surface area contributed by atoms with Crippen LogP contribution < -0.4 is 15.5 Å². The summed E-state index contributed by atoms with van der Waals surface area (Å²) in [6.45, 7) is 10.1. The molecule has 0 unspecified atom stereocenters. The lowest BCUT2D eigenvalue weighted by molar-refractivity contribution is -0.192. The zero-order valence-electron chi connectivity index (χ0n) is 22.4. The molecule has 3 heterocycles. The molecule has 0 spiro atoms. The fourth-order valence-corrected chi connectivity index (χ4v) is 5.33. The van der Waals surface area contributed by atoms with Gasteiger partial charge in [0.2, 0.25) is 0 Å². The Balaban J connectivity index is 0.000000493. The van der Waals surface area contributed by atoms with Crippen LogP contribution in [0.3, 0.4) is 0 Å². The monoisotopic (exact) mass is 590 g/mol. The van der Waals surface area contributed by atoms with E-state index in [0.29, 0.717) is 4.88 Å². The average Bonchev–Trinajstić information content (AvgIpc) is 3.47. The molecule has 0 saturated carbocycles. The highest BCUT2D eigenvalue weighted by Crippen LogP contribution is 2.24. The Bertz CT molecular complexity index is 1260. The van der Waals surface area contributed by atoms with Crippen LogP contribution in [0.5, 0.6) is 0 Å². The Labute approximate surface area is 240 Å². The second-order valence-electron chi connectivity index (χ2n) is 9.74. The molecule has 2 saturated heterocycles. The number of alkyl halides is 3. The van der Waals surface area contributed by atoms with Crippen molar-refractivity contribution in [3.05, 3.63) is 76.8 Å². The third-order valence-electron chi connectivity index (χ3n) is 6.68. The largest absolute Gasteiger partial charge is 0.490 e. The molecule has 0 radical (unpaired) electrons. The molecule has 0 aliphatic carbocycles. The van der Waals surface area contributed by atoms with Gasteiger partial charge >= 0.3 is 12.1 Å². The van der Waals surface area contributed by atoms with Crippen LogP contribution in [0.2, 0.25) is 0 Å². The summed E-state index contributed by atoms with van der Waals surface area (Å²) >= 11 is 1.46. The van der Waals surface area contributed by atoms with Gasteiger partial charge in [-0.1, -0.05) is 53.8 Å². The van der Waals surface area contributed by atoms with Crippen molar-refractivity contribution in [2.24, 2.45) is 0 Å². The van der Waals surface area contributed by atoms with Gasteiger partial charge in [-0.15, -0.1) is 0 Å². The number of nitrogens with zero attached hydrogens (tertiary/aromatic N) is 4. The van der Waals surface area contributed by atoms with Gasteiger partial charge in [0, 0.05) is 71.1 Å². The van der Waals surface area contributed by atoms with Crippen molar-refractivity contribution in [1.29, 1.82) is 0 Å². The molecule has 3 N–H and O–H groups in total. The Morgan fingerprint density at radius 2 is 1.41 bits per heavy atom. The van der Waals surface area contributed by atoms with Crippen LogP contribution in [0.15, 0.2) is 60.8 Å². The molecule has 1 aromatic heterocycles. The number of hydrogen-bond acceptors (Lipinski definition) is 8. The van der Waals surface area contributed by atoms with Crippen LogP contribution in [0.1, 0.15) is 20.8 Å². The number of nitrogens with one attached hydrogen (secondary N) is 2. The van der Waals surface area contributed by atoms with E-state index in [9.17, 15) is 18.0 Å². The van der Waals surface area contributed by atoms with E-state index in [1.807, 2.05) is 12.1 Å². The molecule has 3 aromatic rings. The van der Waals surface area contributed by atoms with Crippen molar-refractivity contribution in [2.45, 2.75) is 19.3 Å². The first-order valence-corrected chi connectivity index (χ1v) is 14.1. The molecule has 13 heteroatoms. The second kappa shape index (κ2) is 14.4. The molecule has 1 amide bonds. The van der Waals surface area contributed by atoms with E-state index in [0.717, 1.165) is 76.3 Å². The van der Waals surface area contributed by atoms with Crippen LogP contribution in [0, 0.1) is 0 Å². The molecule has 2 aliphatic heterocycles. The molecule has 0 atom stereocenters. The van der Waals surface area contributed by atoms with E-state index in [1.54, 1.807) is 6.20 Å². The molecule has 9 nitrogen and oxygen atoms in total. The number of aromatic nitrogens is 1. The average molecular weight is 591 g/mol. The van der Waals surface area contributed by atoms with E-state index >= 15 is 0 Å². The zero-order valence-corrected chi connectivity index (χ0v) is 23.3. The quantitative estimate of drug-likeness (QED) is 0.383. The summed E-state index contributed by atoms with van der Waals surface area (Å²) < 4.78 is 31.7. The lowest BCUT2D eigenvalue weighted by Gasteiger charge is -2.34. The first kappa shape index (κ1) is 30.4. The summed E-state index contributed by atoms with van der Waals surface area (Å²) in [7, 11) is 0. The highest BCUT2D eigenvalue weighted by Gasteiger charge is 2.38. The maximum absolute atomic E-state index is 12.7. The number of aliphatic carboxylic acids is 1.